The van der Waals surface area contributed by atoms with Crippen LogP contribution in [0.1, 0.15) is 21.8 Å². The fourth-order valence-electron chi connectivity index (χ4n) is 3.09. The van der Waals surface area contributed by atoms with Crippen LogP contribution in [0.25, 0.3) is 0 Å². The normalized spacial score (nSPS) is 18.1. The van der Waals surface area contributed by atoms with Crippen LogP contribution in [0.3, 0.4) is 0 Å². The van der Waals surface area contributed by atoms with Gasteiger partial charge >= 0.3 is 12.0 Å². The zero-order valence-corrected chi connectivity index (χ0v) is 15.2. The molecule has 0 saturated carbocycles. The summed E-state index contributed by atoms with van der Waals surface area (Å²) in [5.74, 6) is -4.45. The number of rotatable bonds is 5. The number of urea groups is 1. The van der Waals surface area contributed by atoms with E-state index < -0.39 is 41.5 Å². The number of benzene rings is 2. The third-order valence-corrected chi connectivity index (χ3v) is 4.52. The van der Waals surface area contributed by atoms with Crippen LogP contribution in [0.15, 0.2) is 36.4 Å². The van der Waals surface area contributed by atoms with Gasteiger partial charge in [-0.15, -0.1) is 0 Å². The van der Waals surface area contributed by atoms with Crippen molar-refractivity contribution in [3.8, 4) is 5.75 Å². The van der Waals surface area contributed by atoms with Gasteiger partial charge in [-0.3, -0.25) is 4.79 Å². The predicted molar refractivity (Wildman–Crippen MR) is 98.0 cm³/mol. The summed E-state index contributed by atoms with van der Waals surface area (Å²) < 4.78 is 33.6. The van der Waals surface area contributed by atoms with Crippen LogP contribution in [0.5, 0.6) is 5.75 Å². The molecule has 2 aromatic carbocycles. The molecule has 1 heterocycles. The van der Waals surface area contributed by atoms with Crippen molar-refractivity contribution in [3.63, 3.8) is 0 Å². The molecule has 1 aliphatic rings. The number of carbonyl (C=O) groups excluding carboxylic acids is 2. The van der Waals surface area contributed by atoms with Gasteiger partial charge in [-0.1, -0.05) is 0 Å². The number of halogens is 2. The smallest absolute Gasteiger partial charge is 0.335 e. The number of hydrogen-bond acceptors (Lipinski definition) is 4. The van der Waals surface area contributed by atoms with Gasteiger partial charge < -0.3 is 25.8 Å². The fraction of sp³-hybridized carbons (Fsp3) is 0.211. The van der Waals surface area contributed by atoms with Crippen LogP contribution in [-0.2, 0) is 4.79 Å². The molecule has 3 amide bonds. The summed E-state index contributed by atoms with van der Waals surface area (Å²) in [6.45, 7) is -0.0583. The average molecular weight is 405 g/mol. The van der Waals surface area contributed by atoms with Crippen molar-refractivity contribution in [1.29, 1.82) is 0 Å². The third-order valence-electron chi connectivity index (χ3n) is 4.52. The molecule has 2 atom stereocenters. The number of methoxy groups -OCH3 is 1. The maximum Gasteiger partial charge on any atom is 0.335 e. The molecule has 0 bridgehead atoms. The second-order valence-electron chi connectivity index (χ2n) is 6.31. The number of carboxylic acid groups (broad SMARTS) is 1. The zero-order chi connectivity index (χ0) is 21.1. The molecule has 29 heavy (non-hydrogen) atoms. The molecule has 0 aromatic heterocycles. The van der Waals surface area contributed by atoms with Gasteiger partial charge in [0.1, 0.15) is 23.4 Å². The molecule has 152 valence electrons. The number of aromatic carboxylic acids is 1. The lowest BCUT2D eigenvalue weighted by atomic mass is 9.93. The van der Waals surface area contributed by atoms with E-state index in [0.717, 1.165) is 12.1 Å². The molecule has 0 spiro atoms. The van der Waals surface area contributed by atoms with Crippen LogP contribution >= 0.6 is 0 Å². The monoisotopic (exact) mass is 405 g/mol. The van der Waals surface area contributed by atoms with Crippen molar-refractivity contribution < 1.29 is 33.0 Å². The number of carbonyl (C=O) groups is 3. The van der Waals surface area contributed by atoms with Crippen molar-refractivity contribution in [2.45, 2.75) is 12.0 Å². The summed E-state index contributed by atoms with van der Waals surface area (Å²) in [5.41, 5.74) is -0.0128. The Balaban J connectivity index is 1.76. The number of hydrogen-bond donors (Lipinski definition) is 4. The lowest BCUT2D eigenvalue weighted by molar-refractivity contribution is -0.120. The summed E-state index contributed by atoms with van der Waals surface area (Å²) >= 11 is 0. The summed E-state index contributed by atoms with van der Waals surface area (Å²) in [4.78, 5) is 35.2. The second kappa shape index (κ2) is 8.13. The highest BCUT2D eigenvalue weighted by atomic mass is 19.1. The number of ether oxygens (including phenoxy) is 1. The summed E-state index contributed by atoms with van der Waals surface area (Å²) in [7, 11) is 1.27. The Bertz CT molecular complexity index is 942. The molecule has 4 N–H and O–H groups in total. The molecule has 0 radical (unpaired) electrons. The predicted octanol–water partition coefficient (Wildman–Crippen LogP) is 2.08. The molecule has 2 unspecified atom stereocenters. The first-order chi connectivity index (χ1) is 13.8. The largest absolute Gasteiger partial charge is 0.497 e. The SMILES string of the molecule is COc1cc(F)c(C2CNC(=O)C2NC(=O)Nc2ccc(C(=O)O)cc2)c(F)c1. The minimum Gasteiger partial charge on any atom is -0.497 e. The molecule has 0 aliphatic carbocycles. The van der Waals surface area contributed by atoms with Gasteiger partial charge in [0.2, 0.25) is 5.91 Å². The maximum atomic E-state index is 14.4. The van der Waals surface area contributed by atoms with E-state index in [1.807, 2.05) is 0 Å². The van der Waals surface area contributed by atoms with Crippen molar-refractivity contribution in [2.24, 2.45) is 0 Å². The van der Waals surface area contributed by atoms with Crippen molar-refractivity contribution in [3.05, 3.63) is 59.2 Å². The van der Waals surface area contributed by atoms with Crippen LogP contribution in [0.2, 0.25) is 0 Å². The first-order valence-electron chi connectivity index (χ1n) is 8.51. The van der Waals surface area contributed by atoms with Crippen molar-refractivity contribution in [1.82, 2.24) is 10.6 Å². The van der Waals surface area contributed by atoms with Crippen molar-refractivity contribution in [2.75, 3.05) is 19.0 Å². The van der Waals surface area contributed by atoms with Gasteiger partial charge in [-0.25, -0.2) is 18.4 Å². The minimum absolute atomic E-state index is 0.00640. The average Bonchev–Trinajstić information content (AvgIpc) is 3.01. The molecule has 1 saturated heterocycles. The first kappa shape index (κ1) is 20.1. The zero-order valence-electron chi connectivity index (χ0n) is 15.2. The Kier molecular flexibility index (Phi) is 5.62. The van der Waals surface area contributed by atoms with E-state index in [-0.39, 0.29) is 29.1 Å². The molecular weight excluding hydrogens is 388 g/mol. The number of nitrogens with one attached hydrogen (secondary N) is 3. The van der Waals surface area contributed by atoms with Gasteiger partial charge in [0.25, 0.3) is 0 Å². The van der Waals surface area contributed by atoms with Gasteiger partial charge in [0, 0.05) is 35.8 Å². The van der Waals surface area contributed by atoms with Crippen LogP contribution in [0.4, 0.5) is 19.3 Å². The fourth-order valence-corrected chi connectivity index (χ4v) is 3.09. The Morgan fingerprint density at radius 3 is 2.34 bits per heavy atom. The highest BCUT2D eigenvalue weighted by Gasteiger charge is 2.40. The van der Waals surface area contributed by atoms with Crippen LogP contribution in [0, 0.1) is 11.6 Å². The summed E-state index contributed by atoms with van der Waals surface area (Å²) in [6.07, 6.45) is 0. The summed E-state index contributed by atoms with van der Waals surface area (Å²) in [5, 5.41) is 16.2. The molecule has 3 rings (SSSR count). The standard InChI is InChI=1S/C19H17F2N3O5/c1-29-11-6-13(20)15(14(21)7-11)12-8-22-17(25)16(12)24-19(28)23-10-4-2-9(3-5-10)18(26)27/h2-7,12,16H,8H2,1H3,(H,22,25)(H,26,27)(H2,23,24,28). The topological polar surface area (TPSA) is 117 Å². The van der Waals surface area contributed by atoms with Crippen molar-refractivity contribution >= 4 is 23.6 Å². The Hall–Kier alpha value is -3.69. The number of carboxylic acids is 1. The van der Waals surface area contributed by atoms with Gasteiger partial charge in [0.15, 0.2) is 0 Å². The highest BCUT2D eigenvalue weighted by Crippen LogP contribution is 2.31. The molecule has 2 aromatic rings. The lowest BCUT2D eigenvalue weighted by Gasteiger charge is -2.20. The van der Waals surface area contributed by atoms with Gasteiger partial charge in [0.05, 0.1) is 12.7 Å². The number of anilines is 1. The van der Waals surface area contributed by atoms with E-state index in [0.29, 0.717) is 0 Å². The van der Waals surface area contributed by atoms with Gasteiger partial charge in [-0.2, -0.15) is 0 Å². The van der Waals surface area contributed by atoms with E-state index in [1.54, 1.807) is 0 Å². The number of amides is 3. The molecule has 1 aliphatic heterocycles. The van der Waals surface area contributed by atoms with E-state index in [2.05, 4.69) is 16.0 Å². The van der Waals surface area contributed by atoms with Crippen LogP contribution in [-0.4, -0.2) is 42.7 Å². The Labute approximate surface area is 163 Å². The molecule has 8 nitrogen and oxygen atoms in total. The molecular formula is C19H17F2N3O5. The Morgan fingerprint density at radius 2 is 1.79 bits per heavy atom. The highest BCUT2D eigenvalue weighted by molar-refractivity contribution is 5.95. The first-order valence-corrected chi connectivity index (χ1v) is 8.51. The Morgan fingerprint density at radius 1 is 1.17 bits per heavy atom. The van der Waals surface area contributed by atoms with E-state index in [1.165, 1.54) is 31.4 Å². The maximum absolute atomic E-state index is 14.4. The van der Waals surface area contributed by atoms with Gasteiger partial charge in [-0.05, 0) is 24.3 Å². The third kappa shape index (κ3) is 4.26. The molecule has 1 fully saturated rings. The van der Waals surface area contributed by atoms with E-state index in [9.17, 15) is 23.2 Å². The minimum atomic E-state index is -1.20. The van der Waals surface area contributed by atoms with Crippen LogP contribution < -0.4 is 20.7 Å². The van der Waals surface area contributed by atoms with E-state index in [4.69, 9.17) is 9.84 Å². The summed E-state index contributed by atoms with van der Waals surface area (Å²) in [6, 6.07) is 5.36. The lowest BCUT2D eigenvalue weighted by Crippen LogP contribution is -2.45. The van der Waals surface area contributed by atoms with E-state index >= 15 is 0 Å². The molecule has 10 heteroatoms. The second-order valence-corrected chi connectivity index (χ2v) is 6.31. The quantitative estimate of drug-likeness (QED) is 0.608.